The molecule has 2 aromatic rings. The Bertz CT molecular complexity index is 967. The molecule has 0 aromatic heterocycles. The quantitative estimate of drug-likeness (QED) is 0.321. The molecule has 2 unspecified atom stereocenters. The van der Waals surface area contributed by atoms with Crippen molar-refractivity contribution < 1.29 is 15.6 Å². The van der Waals surface area contributed by atoms with Crippen LogP contribution in [0, 0.1) is 0 Å². The second-order valence-electron chi connectivity index (χ2n) is 11.3. The van der Waals surface area contributed by atoms with Gasteiger partial charge < -0.3 is 0 Å². The molecule has 0 amide bonds. The Hall–Kier alpha value is 0.0338. The first-order valence-electron chi connectivity index (χ1n) is 11.0. The second-order valence-corrected chi connectivity index (χ2v) is 81.9. The first-order chi connectivity index (χ1) is 13.8. The van der Waals surface area contributed by atoms with Gasteiger partial charge in [-0.15, -0.1) is 0 Å². The van der Waals surface area contributed by atoms with E-state index in [0.29, 0.717) is 0 Å². The van der Waals surface area contributed by atoms with E-state index in [4.69, 9.17) is 17.0 Å². The van der Waals surface area contributed by atoms with E-state index < -0.39 is 35.7 Å². The Morgan fingerprint density at radius 1 is 0.667 bits per heavy atom. The van der Waals surface area contributed by atoms with Crippen molar-refractivity contribution in [2.24, 2.45) is 0 Å². The van der Waals surface area contributed by atoms with Crippen molar-refractivity contribution in [2.45, 2.75) is 46.5 Å². The SMILES string of the molecule is C[Si](C)(C)[SiH]([Si](C)(C)C)[Zr]([Cl])([Cl])([CH]1C=Cc2ccccc21)[CH]1C=Cc2ccccc21. The van der Waals surface area contributed by atoms with Crippen LogP contribution in [0.5, 0.6) is 0 Å². The van der Waals surface area contributed by atoms with E-state index in [0.717, 1.165) is 0 Å². The summed E-state index contributed by atoms with van der Waals surface area (Å²) in [5, 5.41) is 0. The molecule has 0 N–H and O–H groups in total. The van der Waals surface area contributed by atoms with Crippen LogP contribution < -0.4 is 0 Å². The van der Waals surface area contributed by atoms with Gasteiger partial charge in [0.25, 0.3) is 0 Å². The number of rotatable bonds is 5. The van der Waals surface area contributed by atoms with Crippen LogP contribution in [0.3, 0.4) is 0 Å². The summed E-state index contributed by atoms with van der Waals surface area (Å²) in [6, 6.07) is 17.6. The van der Waals surface area contributed by atoms with Crippen molar-refractivity contribution in [1.29, 1.82) is 0 Å². The van der Waals surface area contributed by atoms with Gasteiger partial charge in [0.1, 0.15) is 0 Å². The Morgan fingerprint density at radius 3 is 1.40 bits per heavy atom. The standard InChI is InChI=1S/2C9H7.C6H19Si3.2ClH.Zr/c2*1-2-5-9-7-3-6-8(9)4-1;1-8(2,3)7-9(4,5)6;;;/h2*1-7H;7H,1-6H3;2*1H;/q;;;;;+2/p-2. The van der Waals surface area contributed by atoms with Crippen molar-refractivity contribution in [3.63, 3.8) is 0 Å². The Kier molecular flexibility index (Phi) is 5.83. The maximum absolute atomic E-state index is 8.40. The summed E-state index contributed by atoms with van der Waals surface area (Å²) >= 11 is -4.50. The molecule has 0 bridgehead atoms. The van der Waals surface area contributed by atoms with Crippen molar-refractivity contribution in [3.05, 3.63) is 82.9 Å². The molecule has 0 aliphatic heterocycles. The number of hydrogen-bond acceptors (Lipinski definition) is 0. The van der Waals surface area contributed by atoms with E-state index in [2.05, 4.69) is 112 Å². The number of benzene rings is 2. The van der Waals surface area contributed by atoms with Crippen LogP contribution in [0.2, 0.25) is 39.3 Å². The molecule has 2 atom stereocenters. The maximum atomic E-state index is 8.40. The average Bonchev–Trinajstić information content (AvgIpc) is 3.24. The Morgan fingerprint density at radius 2 is 1.03 bits per heavy atom. The molecule has 0 radical (unpaired) electrons. The van der Waals surface area contributed by atoms with E-state index in [1.165, 1.54) is 22.3 Å². The summed E-state index contributed by atoms with van der Waals surface area (Å²) in [4.78, 5) is -1.46. The molecule has 0 saturated heterocycles. The summed E-state index contributed by atoms with van der Waals surface area (Å²) in [6.45, 7) is 15.4. The molecule has 2 aromatic carbocycles. The van der Waals surface area contributed by atoms with E-state index >= 15 is 0 Å². The van der Waals surface area contributed by atoms with Gasteiger partial charge in [0.15, 0.2) is 0 Å². The predicted molar refractivity (Wildman–Crippen MR) is 142 cm³/mol. The fourth-order valence-corrected chi connectivity index (χ4v) is 231. The van der Waals surface area contributed by atoms with E-state index in [9.17, 15) is 0 Å². The summed E-state index contributed by atoms with van der Waals surface area (Å²) in [7, 11) is 13.7. The molecule has 4 rings (SSSR count). The fraction of sp³-hybridized carbons (Fsp3) is 0.333. The molecule has 0 nitrogen and oxygen atoms in total. The minimum absolute atomic E-state index is 0.224. The molecule has 2 aliphatic carbocycles. The van der Waals surface area contributed by atoms with Crippen molar-refractivity contribution in [2.75, 3.05) is 0 Å². The molecular weight excluding hydrogens is 535 g/mol. The number of fused-ring (bicyclic) bond motifs is 2. The molecule has 0 fully saturated rings. The van der Waals surface area contributed by atoms with Crippen LogP contribution in [0.4, 0.5) is 0 Å². The van der Waals surface area contributed by atoms with Crippen LogP contribution in [0.25, 0.3) is 12.2 Å². The third-order valence-electron chi connectivity index (χ3n) is 7.07. The van der Waals surface area contributed by atoms with Crippen LogP contribution in [0.15, 0.2) is 60.7 Å². The van der Waals surface area contributed by atoms with Crippen LogP contribution in [-0.4, -0.2) is 20.1 Å². The summed E-state index contributed by atoms with van der Waals surface area (Å²) in [5.41, 5.74) is 5.41. The second kappa shape index (κ2) is 7.53. The first kappa shape index (κ1) is 23.2. The predicted octanol–water partition coefficient (Wildman–Crippen LogP) is 8.08. The zero-order chi connectivity index (χ0) is 22.0. The van der Waals surface area contributed by atoms with Gasteiger partial charge in [-0.1, -0.05) is 0 Å². The van der Waals surface area contributed by atoms with Gasteiger partial charge in [-0.3, -0.25) is 0 Å². The van der Waals surface area contributed by atoms with Crippen molar-refractivity contribution in [3.8, 4) is 0 Å². The van der Waals surface area contributed by atoms with Crippen molar-refractivity contribution >= 4 is 49.3 Å². The molecule has 6 heteroatoms. The van der Waals surface area contributed by atoms with Gasteiger partial charge in [0.2, 0.25) is 0 Å². The first-order valence-corrected chi connectivity index (χ1v) is 35.6. The average molecular weight is 568 g/mol. The van der Waals surface area contributed by atoms with Gasteiger partial charge in [-0.2, -0.15) is 0 Å². The van der Waals surface area contributed by atoms with Crippen LogP contribution >= 0.6 is 17.0 Å². The van der Waals surface area contributed by atoms with Gasteiger partial charge >= 0.3 is 194 Å². The summed E-state index contributed by atoms with van der Waals surface area (Å²) in [6.07, 6.45) is 9.40. The van der Waals surface area contributed by atoms with Crippen LogP contribution in [0.1, 0.15) is 29.5 Å². The minimum atomic E-state index is -4.50. The number of allylic oxidation sites excluding steroid dienone is 2. The van der Waals surface area contributed by atoms with Crippen LogP contribution in [-0.2, 0) is 15.6 Å². The topological polar surface area (TPSA) is 0 Å². The van der Waals surface area contributed by atoms with Gasteiger partial charge in [0.05, 0.1) is 0 Å². The van der Waals surface area contributed by atoms with Gasteiger partial charge in [-0.05, 0) is 0 Å². The fourth-order valence-electron chi connectivity index (χ4n) is 6.97. The summed E-state index contributed by atoms with van der Waals surface area (Å²) < 4.78 is 0.448. The zero-order valence-corrected chi connectivity index (χ0v) is 26.0. The Balaban J connectivity index is 2.05. The molecule has 30 heavy (non-hydrogen) atoms. The monoisotopic (exact) mass is 565 g/mol. The normalized spacial score (nSPS) is 22.1. The molecule has 159 valence electrons. The van der Waals surface area contributed by atoms with Crippen molar-refractivity contribution in [1.82, 2.24) is 0 Å². The van der Waals surface area contributed by atoms with E-state index in [1.54, 1.807) is 0 Å². The Labute approximate surface area is 192 Å². The molecular formula is C24H33Cl2Si3Zr. The molecule has 0 spiro atoms. The third-order valence-corrected chi connectivity index (χ3v) is 145. The van der Waals surface area contributed by atoms with E-state index in [1.807, 2.05) is 0 Å². The number of hydrogen-bond donors (Lipinski definition) is 0. The van der Waals surface area contributed by atoms with Gasteiger partial charge in [-0.25, -0.2) is 0 Å². The number of halogens is 2. The molecule has 2 aliphatic rings. The molecule has 0 heterocycles. The summed E-state index contributed by atoms with van der Waals surface area (Å²) in [5.74, 6) is 0. The zero-order valence-electron chi connectivity index (χ0n) is 18.9. The van der Waals surface area contributed by atoms with Gasteiger partial charge in [0, 0.05) is 0 Å². The van der Waals surface area contributed by atoms with E-state index in [-0.39, 0.29) is 7.25 Å². The molecule has 0 saturated carbocycles. The third kappa shape index (κ3) is 3.54.